The van der Waals surface area contributed by atoms with Crippen LogP contribution >= 0.6 is 23.2 Å². The van der Waals surface area contributed by atoms with Crippen LogP contribution < -0.4 is 10.3 Å². The van der Waals surface area contributed by atoms with Crippen LogP contribution in [-0.2, 0) is 6.18 Å². The molecule has 0 amide bonds. The summed E-state index contributed by atoms with van der Waals surface area (Å²) in [7, 11) is 0. The molecule has 1 N–H and O–H groups in total. The van der Waals surface area contributed by atoms with E-state index in [1.54, 1.807) is 0 Å². The molecule has 12 heteroatoms. The van der Waals surface area contributed by atoms with Crippen LogP contribution in [-0.4, -0.2) is 20.1 Å². The van der Waals surface area contributed by atoms with Crippen molar-refractivity contribution in [1.82, 2.24) is 20.1 Å². The summed E-state index contributed by atoms with van der Waals surface area (Å²) in [6, 6.07) is 3.77. The van der Waals surface area contributed by atoms with Crippen molar-refractivity contribution < 1.29 is 22.4 Å². The average Bonchev–Trinajstić information content (AvgIpc) is 3.35. The SMILES string of the molecule is O=c1[nH]c(-c2noc(C3CC3)n2)nc(C(F)(F)F)c1Oc1ccc(Cl)c(Cl)c1. The molecule has 0 spiro atoms. The number of ether oxygens (including phenoxy) is 1. The number of halogens is 5. The third kappa shape index (κ3) is 3.69. The fourth-order valence-corrected chi connectivity index (χ4v) is 2.63. The van der Waals surface area contributed by atoms with Crippen molar-refractivity contribution in [3.05, 3.63) is 50.2 Å². The second kappa shape index (κ2) is 6.78. The highest BCUT2D eigenvalue weighted by molar-refractivity contribution is 6.42. The summed E-state index contributed by atoms with van der Waals surface area (Å²) >= 11 is 11.6. The highest BCUT2D eigenvalue weighted by Crippen LogP contribution is 2.40. The lowest BCUT2D eigenvalue weighted by atomic mass is 10.3. The van der Waals surface area contributed by atoms with Crippen molar-refractivity contribution in [2.24, 2.45) is 0 Å². The van der Waals surface area contributed by atoms with Crippen LogP contribution in [0.5, 0.6) is 11.5 Å². The van der Waals surface area contributed by atoms with Gasteiger partial charge in [0.05, 0.1) is 10.0 Å². The number of benzene rings is 1. The van der Waals surface area contributed by atoms with E-state index in [0.29, 0.717) is 5.89 Å². The molecule has 0 unspecified atom stereocenters. The van der Waals surface area contributed by atoms with Crippen LogP contribution in [0.1, 0.15) is 30.3 Å². The van der Waals surface area contributed by atoms with Gasteiger partial charge in [-0.3, -0.25) is 4.79 Å². The maximum Gasteiger partial charge on any atom is 0.437 e. The minimum atomic E-state index is -4.97. The molecule has 4 rings (SSSR count). The summed E-state index contributed by atoms with van der Waals surface area (Å²) in [5, 5.41) is 3.81. The Bertz CT molecular complexity index is 1110. The predicted octanol–water partition coefficient (Wildman–Crippen LogP) is 4.82. The van der Waals surface area contributed by atoms with E-state index in [4.69, 9.17) is 32.5 Å². The molecule has 3 aromatic rings. The Morgan fingerprint density at radius 3 is 2.57 bits per heavy atom. The first-order chi connectivity index (χ1) is 13.2. The number of H-pyrrole nitrogens is 1. The molecule has 0 atom stereocenters. The molecule has 146 valence electrons. The summed E-state index contributed by atoms with van der Waals surface area (Å²) < 4.78 is 50.6. The summed E-state index contributed by atoms with van der Waals surface area (Å²) in [5.74, 6) is -1.49. The second-order valence-corrected chi connectivity index (χ2v) is 6.81. The van der Waals surface area contributed by atoms with Crippen molar-refractivity contribution >= 4 is 23.2 Å². The average molecular weight is 433 g/mol. The number of hydrogen-bond donors (Lipinski definition) is 1. The number of nitrogens with zero attached hydrogens (tertiary/aromatic N) is 3. The third-order valence-electron chi connectivity index (χ3n) is 3.84. The Balaban J connectivity index is 1.77. The molecule has 1 aliphatic carbocycles. The van der Waals surface area contributed by atoms with Crippen molar-refractivity contribution in [3.63, 3.8) is 0 Å². The first kappa shape index (κ1) is 18.8. The number of aromatic amines is 1. The van der Waals surface area contributed by atoms with Gasteiger partial charge in [-0.1, -0.05) is 28.4 Å². The first-order valence-corrected chi connectivity index (χ1v) is 8.66. The zero-order valence-corrected chi connectivity index (χ0v) is 15.2. The first-order valence-electron chi connectivity index (χ1n) is 7.91. The van der Waals surface area contributed by atoms with Crippen molar-refractivity contribution in [3.8, 4) is 23.1 Å². The van der Waals surface area contributed by atoms with E-state index in [0.717, 1.165) is 12.8 Å². The Kier molecular flexibility index (Phi) is 4.54. The number of nitrogens with one attached hydrogen (secondary N) is 1. The zero-order chi connectivity index (χ0) is 20.1. The fourth-order valence-electron chi connectivity index (χ4n) is 2.34. The summed E-state index contributed by atoms with van der Waals surface area (Å²) in [4.78, 5) is 22.0. The van der Waals surface area contributed by atoms with Gasteiger partial charge < -0.3 is 14.2 Å². The fraction of sp³-hybridized carbons (Fsp3) is 0.250. The lowest BCUT2D eigenvalue weighted by molar-refractivity contribution is -0.142. The quantitative estimate of drug-likeness (QED) is 0.635. The number of alkyl halides is 3. The normalized spacial score (nSPS) is 14.3. The van der Waals surface area contributed by atoms with Gasteiger partial charge in [0.25, 0.3) is 5.56 Å². The van der Waals surface area contributed by atoms with Crippen LogP contribution in [0.15, 0.2) is 27.5 Å². The van der Waals surface area contributed by atoms with Crippen LogP contribution in [0.2, 0.25) is 10.0 Å². The van der Waals surface area contributed by atoms with Crippen molar-refractivity contribution in [2.45, 2.75) is 24.9 Å². The van der Waals surface area contributed by atoms with E-state index < -0.39 is 29.0 Å². The molecule has 2 aromatic heterocycles. The maximum absolute atomic E-state index is 13.5. The monoisotopic (exact) mass is 432 g/mol. The van der Waals surface area contributed by atoms with Gasteiger partial charge in [-0.25, -0.2) is 4.98 Å². The molecule has 1 aliphatic rings. The standard InChI is InChI=1S/C16H9Cl2F3N4O3/c17-8-4-3-7(5-9(8)18)27-10-11(16(19,20)21)22-12(23-14(10)26)13-24-15(28-25-13)6-1-2-6/h3-6H,1-2H2,(H,22,23,26). The minimum Gasteiger partial charge on any atom is -0.449 e. The molecule has 2 heterocycles. The third-order valence-corrected chi connectivity index (χ3v) is 4.58. The van der Waals surface area contributed by atoms with Gasteiger partial charge in [-0.05, 0) is 25.0 Å². The van der Waals surface area contributed by atoms with E-state index in [1.165, 1.54) is 18.2 Å². The highest BCUT2D eigenvalue weighted by atomic mass is 35.5. The van der Waals surface area contributed by atoms with Crippen LogP contribution in [0.25, 0.3) is 11.6 Å². The molecule has 0 bridgehead atoms. The molecule has 0 aliphatic heterocycles. The largest absolute Gasteiger partial charge is 0.449 e. The molecule has 1 fully saturated rings. The second-order valence-electron chi connectivity index (χ2n) is 6.00. The molecule has 28 heavy (non-hydrogen) atoms. The number of hydrogen-bond acceptors (Lipinski definition) is 6. The van der Waals surface area contributed by atoms with E-state index >= 15 is 0 Å². The molecular weight excluding hydrogens is 424 g/mol. The van der Waals surface area contributed by atoms with E-state index in [-0.39, 0.29) is 27.5 Å². The molecular formula is C16H9Cl2F3N4O3. The minimum absolute atomic E-state index is 0.0492. The van der Waals surface area contributed by atoms with Gasteiger partial charge in [0.1, 0.15) is 5.75 Å². The lowest BCUT2D eigenvalue weighted by Gasteiger charge is -2.13. The van der Waals surface area contributed by atoms with Gasteiger partial charge >= 0.3 is 6.18 Å². The van der Waals surface area contributed by atoms with Gasteiger partial charge in [-0.2, -0.15) is 18.2 Å². The Labute approximate surface area is 164 Å². The number of aromatic nitrogens is 4. The molecule has 0 saturated heterocycles. The van der Waals surface area contributed by atoms with Crippen molar-refractivity contribution in [1.29, 1.82) is 0 Å². The Hall–Kier alpha value is -2.59. The van der Waals surface area contributed by atoms with Crippen LogP contribution in [0.3, 0.4) is 0 Å². The molecule has 1 saturated carbocycles. The van der Waals surface area contributed by atoms with Gasteiger partial charge in [0.15, 0.2) is 11.5 Å². The zero-order valence-electron chi connectivity index (χ0n) is 13.7. The van der Waals surface area contributed by atoms with Gasteiger partial charge in [-0.15, -0.1) is 0 Å². The predicted molar refractivity (Wildman–Crippen MR) is 91.7 cm³/mol. The lowest BCUT2D eigenvalue weighted by Crippen LogP contribution is -2.21. The summed E-state index contributed by atoms with van der Waals surface area (Å²) in [6.07, 6.45) is -3.26. The molecule has 0 radical (unpaired) electrons. The van der Waals surface area contributed by atoms with Crippen LogP contribution in [0.4, 0.5) is 13.2 Å². The van der Waals surface area contributed by atoms with E-state index in [1.807, 2.05) is 0 Å². The van der Waals surface area contributed by atoms with Gasteiger partial charge in [0.2, 0.25) is 17.5 Å². The van der Waals surface area contributed by atoms with Crippen molar-refractivity contribution in [2.75, 3.05) is 0 Å². The Morgan fingerprint density at radius 1 is 1.18 bits per heavy atom. The van der Waals surface area contributed by atoms with E-state index in [2.05, 4.69) is 20.1 Å². The molecule has 7 nitrogen and oxygen atoms in total. The summed E-state index contributed by atoms with van der Waals surface area (Å²) in [5.41, 5.74) is -2.70. The van der Waals surface area contributed by atoms with E-state index in [9.17, 15) is 18.0 Å². The Morgan fingerprint density at radius 2 is 1.93 bits per heavy atom. The topological polar surface area (TPSA) is 93.9 Å². The smallest absolute Gasteiger partial charge is 0.437 e. The highest BCUT2D eigenvalue weighted by Gasteiger charge is 2.39. The maximum atomic E-state index is 13.5. The van der Waals surface area contributed by atoms with Gasteiger partial charge in [0, 0.05) is 12.0 Å². The molecule has 1 aromatic carbocycles. The van der Waals surface area contributed by atoms with Crippen LogP contribution in [0, 0.1) is 0 Å². The number of rotatable bonds is 4. The summed E-state index contributed by atoms with van der Waals surface area (Å²) in [6.45, 7) is 0.